The number of H-pyrrole nitrogens is 1. The monoisotopic (exact) mass is 419 g/mol. The minimum atomic E-state index is -0.0630. The summed E-state index contributed by atoms with van der Waals surface area (Å²) in [7, 11) is 0. The Morgan fingerprint density at radius 3 is 2.90 bits per heavy atom. The minimum absolute atomic E-state index is 0.0630. The molecule has 0 aliphatic rings. The molecule has 3 heterocycles. The first-order valence-corrected chi connectivity index (χ1v) is 9.93. The summed E-state index contributed by atoms with van der Waals surface area (Å²) in [6, 6.07) is 11.9. The van der Waals surface area contributed by atoms with Crippen molar-refractivity contribution in [1.82, 2.24) is 34.6 Å². The van der Waals surface area contributed by atoms with E-state index in [1.165, 1.54) is 0 Å². The van der Waals surface area contributed by atoms with Crippen molar-refractivity contribution in [3.63, 3.8) is 0 Å². The van der Waals surface area contributed by atoms with Gasteiger partial charge in [0.05, 0.1) is 0 Å². The van der Waals surface area contributed by atoms with Crippen LogP contribution >= 0.6 is 12.2 Å². The Morgan fingerprint density at radius 2 is 2.17 bits per heavy atom. The van der Waals surface area contributed by atoms with Crippen LogP contribution in [0.15, 0.2) is 61.3 Å². The van der Waals surface area contributed by atoms with Crippen molar-refractivity contribution in [2.24, 2.45) is 0 Å². The Bertz CT molecular complexity index is 1190. The molecule has 30 heavy (non-hydrogen) atoms. The maximum absolute atomic E-state index is 12.4. The molecular weight excluding hydrogens is 398 g/mol. The molecule has 9 heteroatoms. The number of pyridine rings is 1. The van der Waals surface area contributed by atoms with Crippen molar-refractivity contribution in [2.45, 2.75) is 26.4 Å². The van der Waals surface area contributed by atoms with Gasteiger partial charge in [-0.05, 0) is 36.8 Å². The first kappa shape index (κ1) is 19.7. The third kappa shape index (κ3) is 4.52. The Labute approximate surface area is 178 Å². The topological polar surface area (TPSA) is 93.4 Å². The second-order valence-corrected chi connectivity index (χ2v) is 7.28. The van der Waals surface area contributed by atoms with Crippen LogP contribution in [0.4, 0.5) is 0 Å². The second kappa shape index (κ2) is 8.83. The van der Waals surface area contributed by atoms with Crippen molar-refractivity contribution in [1.29, 1.82) is 0 Å². The molecule has 1 aromatic carbocycles. The molecule has 3 aromatic heterocycles. The molecule has 0 aliphatic heterocycles. The van der Waals surface area contributed by atoms with Crippen molar-refractivity contribution in [3.8, 4) is 17.2 Å². The van der Waals surface area contributed by atoms with E-state index in [0.29, 0.717) is 24.3 Å². The van der Waals surface area contributed by atoms with Gasteiger partial charge in [0, 0.05) is 43.7 Å². The highest BCUT2D eigenvalue weighted by Gasteiger charge is 2.11. The summed E-state index contributed by atoms with van der Waals surface area (Å²) in [4.78, 5) is 20.8. The number of nitrogens with one attached hydrogen (secondary N) is 2. The third-order valence-electron chi connectivity index (χ3n) is 4.66. The van der Waals surface area contributed by atoms with E-state index in [1.54, 1.807) is 18.7 Å². The Balaban J connectivity index is 1.34. The molecule has 0 saturated heterocycles. The molecule has 0 spiro atoms. The molecule has 0 fully saturated rings. The summed E-state index contributed by atoms with van der Waals surface area (Å²) in [5, 5.41) is 10.1. The first-order chi connectivity index (χ1) is 14.6. The van der Waals surface area contributed by atoms with Gasteiger partial charge in [0.1, 0.15) is 12.1 Å². The maximum atomic E-state index is 12.4. The summed E-state index contributed by atoms with van der Waals surface area (Å²) in [5.74, 6) is 1.45. The van der Waals surface area contributed by atoms with Gasteiger partial charge in [-0.25, -0.2) is 9.97 Å². The molecule has 0 aliphatic carbocycles. The van der Waals surface area contributed by atoms with E-state index < -0.39 is 0 Å². The van der Waals surface area contributed by atoms with Crippen LogP contribution in [-0.4, -0.2) is 35.2 Å². The second-order valence-electron chi connectivity index (χ2n) is 6.89. The van der Waals surface area contributed by atoms with Crippen molar-refractivity contribution in [2.75, 3.05) is 0 Å². The number of benzene rings is 1. The van der Waals surface area contributed by atoms with Crippen LogP contribution in [0.2, 0.25) is 0 Å². The predicted molar refractivity (Wildman–Crippen MR) is 115 cm³/mol. The summed E-state index contributed by atoms with van der Waals surface area (Å²) in [6.45, 7) is 2.89. The molecule has 4 rings (SSSR count). The van der Waals surface area contributed by atoms with E-state index in [0.717, 1.165) is 28.3 Å². The molecule has 0 saturated carbocycles. The summed E-state index contributed by atoms with van der Waals surface area (Å²) in [5.41, 5.74) is 3.03. The quantitative estimate of drug-likeness (QED) is 0.449. The Hall–Kier alpha value is -3.59. The highest BCUT2D eigenvalue weighted by atomic mass is 32.1. The zero-order valence-electron chi connectivity index (χ0n) is 16.4. The zero-order valence-corrected chi connectivity index (χ0v) is 17.3. The fourth-order valence-corrected chi connectivity index (χ4v) is 3.32. The molecule has 0 bridgehead atoms. The number of nitrogens with zero attached hydrogens (tertiary/aromatic N) is 5. The molecule has 4 aromatic rings. The van der Waals surface area contributed by atoms with Crippen molar-refractivity contribution < 1.29 is 4.79 Å². The maximum Gasteiger partial charge on any atom is 0.222 e. The van der Waals surface area contributed by atoms with E-state index in [4.69, 9.17) is 12.2 Å². The number of aromatic amines is 1. The van der Waals surface area contributed by atoms with E-state index in [9.17, 15) is 4.79 Å². The first-order valence-electron chi connectivity index (χ1n) is 9.52. The van der Waals surface area contributed by atoms with Gasteiger partial charge in [0.25, 0.3) is 0 Å². The van der Waals surface area contributed by atoms with Gasteiger partial charge >= 0.3 is 0 Å². The standard InChI is InChI=1S/C21H21N7OS/c1-15-3-2-4-17(11-15)20-25-26-21(30)28(20)9-7-19(29)24-13-16-5-6-18(23-12-16)27-10-8-22-14-27/h2-6,8,10-12,14H,7,9,13H2,1H3,(H,24,29)(H,26,30). The SMILES string of the molecule is Cc1cccc(-c2n[nH]c(=S)n2CCC(=O)NCc2ccc(-n3ccnc3)nc2)c1. The lowest BCUT2D eigenvalue weighted by atomic mass is 10.1. The average molecular weight is 420 g/mol. The number of aromatic nitrogens is 6. The number of carbonyl (C=O) groups is 1. The van der Waals surface area contributed by atoms with Crippen LogP contribution < -0.4 is 5.32 Å². The summed E-state index contributed by atoms with van der Waals surface area (Å²) >= 11 is 5.34. The van der Waals surface area contributed by atoms with Crippen LogP contribution in [0.5, 0.6) is 0 Å². The summed E-state index contributed by atoms with van der Waals surface area (Å²) < 4.78 is 4.17. The fourth-order valence-electron chi connectivity index (χ4n) is 3.10. The van der Waals surface area contributed by atoms with Gasteiger partial charge in [0.2, 0.25) is 5.91 Å². The highest BCUT2D eigenvalue weighted by molar-refractivity contribution is 7.71. The third-order valence-corrected chi connectivity index (χ3v) is 4.98. The molecule has 1 amide bonds. The largest absolute Gasteiger partial charge is 0.352 e. The molecule has 8 nitrogen and oxygen atoms in total. The summed E-state index contributed by atoms with van der Waals surface area (Å²) in [6.07, 6.45) is 7.27. The minimum Gasteiger partial charge on any atom is -0.352 e. The Kier molecular flexibility index (Phi) is 5.80. The number of amides is 1. The average Bonchev–Trinajstić information content (AvgIpc) is 3.41. The fraction of sp³-hybridized carbons (Fsp3) is 0.190. The number of imidazole rings is 1. The molecule has 0 unspecified atom stereocenters. The lowest BCUT2D eigenvalue weighted by molar-refractivity contribution is -0.121. The van der Waals surface area contributed by atoms with Gasteiger partial charge in [0.15, 0.2) is 10.6 Å². The van der Waals surface area contributed by atoms with Gasteiger partial charge in [-0.3, -0.25) is 19.0 Å². The lowest BCUT2D eigenvalue weighted by Crippen LogP contribution is -2.24. The highest BCUT2D eigenvalue weighted by Crippen LogP contribution is 2.18. The van der Waals surface area contributed by atoms with Crippen molar-refractivity contribution >= 4 is 18.1 Å². The number of carbonyl (C=O) groups excluding carboxylic acids is 1. The van der Waals surface area contributed by atoms with Crippen LogP contribution in [-0.2, 0) is 17.9 Å². The van der Waals surface area contributed by atoms with E-state index in [2.05, 4.69) is 25.5 Å². The van der Waals surface area contributed by atoms with Crippen LogP contribution in [0, 0.1) is 11.7 Å². The lowest BCUT2D eigenvalue weighted by Gasteiger charge is -2.09. The molecule has 2 N–H and O–H groups in total. The number of aryl methyl sites for hydroxylation is 1. The predicted octanol–water partition coefficient (Wildman–Crippen LogP) is 3.20. The van der Waals surface area contributed by atoms with Gasteiger partial charge < -0.3 is 5.32 Å². The van der Waals surface area contributed by atoms with E-state index in [-0.39, 0.29) is 5.91 Å². The van der Waals surface area contributed by atoms with E-state index in [1.807, 2.05) is 58.7 Å². The smallest absolute Gasteiger partial charge is 0.222 e. The number of hydrogen-bond donors (Lipinski definition) is 2. The molecule has 0 radical (unpaired) electrons. The zero-order chi connectivity index (χ0) is 20.9. The van der Waals surface area contributed by atoms with Crippen LogP contribution in [0.3, 0.4) is 0 Å². The normalized spacial score (nSPS) is 10.8. The number of hydrogen-bond acceptors (Lipinski definition) is 5. The van der Waals surface area contributed by atoms with Gasteiger partial charge in [-0.1, -0.05) is 29.8 Å². The van der Waals surface area contributed by atoms with Gasteiger partial charge in [-0.2, -0.15) is 5.10 Å². The van der Waals surface area contributed by atoms with Gasteiger partial charge in [-0.15, -0.1) is 0 Å². The Morgan fingerprint density at radius 1 is 1.27 bits per heavy atom. The molecule has 0 atom stereocenters. The van der Waals surface area contributed by atoms with Crippen LogP contribution in [0.25, 0.3) is 17.2 Å². The van der Waals surface area contributed by atoms with E-state index >= 15 is 0 Å². The molecular formula is C21H21N7OS. The van der Waals surface area contributed by atoms with Crippen molar-refractivity contribution in [3.05, 3.63) is 77.2 Å². The number of rotatable bonds is 7. The molecule has 152 valence electrons. The van der Waals surface area contributed by atoms with Crippen LogP contribution in [0.1, 0.15) is 17.5 Å².